The molecular formula is C16H22ClN3. The van der Waals surface area contributed by atoms with Crippen LogP contribution in [0.4, 0.5) is 0 Å². The molecule has 2 rings (SSSR count). The average Bonchev–Trinajstić information content (AvgIpc) is 2.80. The third-order valence-corrected chi connectivity index (χ3v) is 4.00. The molecule has 4 heteroatoms. The number of nitrogens with zero attached hydrogens (tertiary/aromatic N) is 2. The van der Waals surface area contributed by atoms with Crippen LogP contribution in [0, 0.1) is 6.92 Å². The van der Waals surface area contributed by atoms with Crippen molar-refractivity contribution in [3.8, 4) is 5.69 Å². The van der Waals surface area contributed by atoms with Crippen LogP contribution in [0.25, 0.3) is 5.69 Å². The number of rotatable bonds is 5. The summed E-state index contributed by atoms with van der Waals surface area (Å²) in [4.78, 5) is 0. The van der Waals surface area contributed by atoms with Crippen LogP contribution in [0.2, 0.25) is 5.02 Å². The van der Waals surface area contributed by atoms with E-state index in [2.05, 4.69) is 25.2 Å². The molecule has 3 nitrogen and oxygen atoms in total. The van der Waals surface area contributed by atoms with E-state index in [9.17, 15) is 0 Å². The van der Waals surface area contributed by atoms with Gasteiger partial charge >= 0.3 is 0 Å². The van der Waals surface area contributed by atoms with E-state index in [-0.39, 0.29) is 0 Å². The minimum atomic E-state index is 0.785. The zero-order chi connectivity index (χ0) is 14.7. The Hall–Kier alpha value is -1.32. The predicted octanol–water partition coefficient (Wildman–Crippen LogP) is 3.68. The van der Waals surface area contributed by atoms with E-state index in [1.165, 1.54) is 11.3 Å². The van der Waals surface area contributed by atoms with Gasteiger partial charge in [0.05, 0.1) is 11.4 Å². The molecule has 0 saturated carbocycles. The first-order valence-corrected chi connectivity index (χ1v) is 7.50. The average molecular weight is 292 g/mol. The Morgan fingerprint density at radius 3 is 2.55 bits per heavy atom. The summed E-state index contributed by atoms with van der Waals surface area (Å²) in [6.45, 7) is 7.18. The van der Waals surface area contributed by atoms with Crippen LogP contribution in [0.15, 0.2) is 18.2 Å². The minimum Gasteiger partial charge on any atom is -0.316 e. The zero-order valence-corrected chi connectivity index (χ0v) is 13.4. The molecule has 1 heterocycles. The monoisotopic (exact) mass is 291 g/mol. The number of halogens is 1. The van der Waals surface area contributed by atoms with Gasteiger partial charge in [-0.3, -0.25) is 0 Å². The second-order valence-corrected chi connectivity index (χ2v) is 5.36. The summed E-state index contributed by atoms with van der Waals surface area (Å²) in [5.41, 5.74) is 5.86. The van der Waals surface area contributed by atoms with Gasteiger partial charge in [-0.2, -0.15) is 5.10 Å². The Morgan fingerprint density at radius 2 is 2.00 bits per heavy atom. The van der Waals surface area contributed by atoms with Gasteiger partial charge in [0.15, 0.2) is 0 Å². The third kappa shape index (κ3) is 2.74. The number of benzene rings is 1. The molecule has 0 radical (unpaired) electrons. The number of aryl methyl sites for hydroxylation is 2. The van der Waals surface area contributed by atoms with Crippen molar-refractivity contribution in [2.45, 2.75) is 40.2 Å². The highest BCUT2D eigenvalue weighted by molar-refractivity contribution is 6.31. The first kappa shape index (κ1) is 15.1. The summed E-state index contributed by atoms with van der Waals surface area (Å²) in [6, 6.07) is 6.11. The molecule has 1 aromatic carbocycles. The molecular weight excluding hydrogens is 270 g/mol. The lowest BCUT2D eigenvalue weighted by atomic mass is 10.1. The van der Waals surface area contributed by atoms with Crippen molar-refractivity contribution < 1.29 is 0 Å². The van der Waals surface area contributed by atoms with Crippen molar-refractivity contribution in [2.75, 3.05) is 7.05 Å². The molecule has 0 unspecified atom stereocenters. The van der Waals surface area contributed by atoms with Gasteiger partial charge < -0.3 is 5.32 Å². The van der Waals surface area contributed by atoms with Crippen molar-refractivity contribution >= 4 is 11.6 Å². The highest BCUT2D eigenvalue weighted by Crippen LogP contribution is 2.24. The van der Waals surface area contributed by atoms with Gasteiger partial charge in [-0.25, -0.2) is 4.68 Å². The standard InChI is InChI=1S/C16H22ClN3/c1-5-15-13(10-18-4)16(6-2)20(19-15)12-8-7-11(3)14(17)9-12/h7-9,18H,5-6,10H2,1-4H3. The van der Waals surface area contributed by atoms with Gasteiger partial charge in [-0.15, -0.1) is 0 Å². The maximum atomic E-state index is 6.25. The van der Waals surface area contributed by atoms with Crippen LogP contribution in [0.3, 0.4) is 0 Å². The number of hydrogen-bond acceptors (Lipinski definition) is 2. The van der Waals surface area contributed by atoms with E-state index in [0.29, 0.717) is 0 Å². The quantitative estimate of drug-likeness (QED) is 0.911. The van der Waals surface area contributed by atoms with Crippen LogP contribution in [0.1, 0.15) is 36.4 Å². The van der Waals surface area contributed by atoms with Gasteiger partial charge in [0, 0.05) is 22.8 Å². The Balaban J connectivity index is 2.57. The molecule has 2 aromatic rings. The Morgan fingerprint density at radius 1 is 1.25 bits per heavy atom. The summed E-state index contributed by atoms with van der Waals surface area (Å²) < 4.78 is 2.04. The minimum absolute atomic E-state index is 0.785. The lowest BCUT2D eigenvalue weighted by molar-refractivity contribution is 0.779. The number of nitrogens with one attached hydrogen (secondary N) is 1. The van der Waals surface area contributed by atoms with E-state index >= 15 is 0 Å². The fraction of sp³-hybridized carbons (Fsp3) is 0.438. The summed E-state index contributed by atoms with van der Waals surface area (Å²) >= 11 is 6.25. The molecule has 0 spiro atoms. The third-order valence-electron chi connectivity index (χ3n) is 3.60. The van der Waals surface area contributed by atoms with Gasteiger partial charge in [0.1, 0.15) is 0 Å². The van der Waals surface area contributed by atoms with Crippen LogP contribution < -0.4 is 5.32 Å². The zero-order valence-electron chi connectivity index (χ0n) is 12.6. The Labute approximate surface area is 126 Å². The molecule has 1 N–H and O–H groups in total. The van der Waals surface area contributed by atoms with Crippen molar-refractivity contribution in [2.24, 2.45) is 0 Å². The Kier molecular flexibility index (Phi) is 4.84. The van der Waals surface area contributed by atoms with Crippen molar-refractivity contribution in [3.05, 3.63) is 45.7 Å². The normalized spacial score (nSPS) is 11.1. The van der Waals surface area contributed by atoms with Crippen molar-refractivity contribution in [1.29, 1.82) is 0 Å². The second kappa shape index (κ2) is 6.42. The van der Waals surface area contributed by atoms with E-state index in [4.69, 9.17) is 16.7 Å². The predicted molar refractivity (Wildman–Crippen MR) is 84.8 cm³/mol. The molecule has 0 atom stereocenters. The van der Waals surface area contributed by atoms with Crippen LogP contribution in [0.5, 0.6) is 0 Å². The summed E-state index contributed by atoms with van der Waals surface area (Å²) in [6.07, 6.45) is 1.89. The lowest BCUT2D eigenvalue weighted by Gasteiger charge is -2.09. The molecule has 0 fully saturated rings. The highest BCUT2D eigenvalue weighted by atomic mass is 35.5. The first-order chi connectivity index (χ1) is 9.62. The van der Waals surface area contributed by atoms with Crippen molar-refractivity contribution in [3.63, 3.8) is 0 Å². The smallest absolute Gasteiger partial charge is 0.0674 e. The van der Waals surface area contributed by atoms with Gasteiger partial charge in [-0.05, 0) is 44.5 Å². The van der Waals surface area contributed by atoms with Crippen molar-refractivity contribution in [1.82, 2.24) is 15.1 Å². The SMILES string of the molecule is CCc1nn(-c2ccc(C)c(Cl)c2)c(CC)c1CNC. The van der Waals surface area contributed by atoms with E-state index < -0.39 is 0 Å². The van der Waals surface area contributed by atoms with Gasteiger partial charge in [0.2, 0.25) is 0 Å². The maximum Gasteiger partial charge on any atom is 0.0674 e. The molecule has 0 saturated heterocycles. The fourth-order valence-corrected chi connectivity index (χ4v) is 2.67. The molecule has 20 heavy (non-hydrogen) atoms. The molecule has 0 aliphatic rings. The maximum absolute atomic E-state index is 6.25. The van der Waals surface area contributed by atoms with E-state index in [1.54, 1.807) is 0 Å². The topological polar surface area (TPSA) is 29.9 Å². The highest BCUT2D eigenvalue weighted by Gasteiger charge is 2.16. The summed E-state index contributed by atoms with van der Waals surface area (Å²) in [7, 11) is 1.97. The van der Waals surface area contributed by atoms with Crippen LogP contribution in [-0.2, 0) is 19.4 Å². The number of hydrogen-bond donors (Lipinski definition) is 1. The van der Waals surface area contributed by atoms with Gasteiger partial charge in [0.25, 0.3) is 0 Å². The Bertz CT molecular complexity index is 602. The van der Waals surface area contributed by atoms with Crippen LogP contribution in [-0.4, -0.2) is 16.8 Å². The fourth-order valence-electron chi connectivity index (χ4n) is 2.49. The summed E-state index contributed by atoms with van der Waals surface area (Å²) in [5.74, 6) is 0. The summed E-state index contributed by atoms with van der Waals surface area (Å²) in [5, 5.41) is 8.80. The van der Waals surface area contributed by atoms with E-state index in [1.807, 2.05) is 30.8 Å². The van der Waals surface area contributed by atoms with E-state index in [0.717, 1.165) is 41.4 Å². The second-order valence-electron chi connectivity index (χ2n) is 4.95. The number of aromatic nitrogens is 2. The molecule has 0 aliphatic heterocycles. The molecule has 0 aliphatic carbocycles. The molecule has 0 bridgehead atoms. The van der Waals surface area contributed by atoms with Crippen LogP contribution >= 0.6 is 11.6 Å². The largest absolute Gasteiger partial charge is 0.316 e. The molecule has 0 amide bonds. The first-order valence-electron chi connectivity index (χ1n) is 7.13. The van der Waals surface area contributed by atoms with Gasteiger partial charge in [-0.1, -0.05) is 31.5 Å². The lowest BCUT2D eigenvalue weighted by Crippen LogP contribution is -2.09. The molecule has 1 aromatic heterocycles. The molecule has 108 valence electrons.